The second-order valence-corrected chi connectivity index (χ2v) is 14.4. The number of piperazine rings is 1. The van der Waals surface area contributed by atoms with Crippen LogP contribution in [0.2, 0.25) is 10.0 Å². The second kappa shape index (κ2) is 13.3. The molecule has 240 valence electrons. The maximum absolute atomic E-state index is 14.3. The quantitative estimate of drug-likeness (QED) is 0.318. The number of esters is 1. The molecule has 1 N–H and O–H groups in total. The molecule has 5 rings (SSSR count). The summed E-state index contributed by atoms with van der Waals surface area (Å²) in [4.78, 5) is 45.7. The first-order valence-corrected chi connectivity index (χ1v) is 17.2. The fourth-order valence-electron chi connectivity index (χ4n) is 5.49. The summed E-state index contributed by atoms with van der Waals surface area (Å²) in [6, 6.07) is 11.7. The van der Waals surface area contributed by atoms with E-state index in [9.17, 15) is 22.8 Å². The van der Waals surface area contributed by atoms with Gasteiger partial charge in [-0.1, -0.05) is 51.3 Å². The minimum Gasteiger partial charge on any atom is -0.466 e. The van der Waals surface area contributed by atoms with E-state index in [1.54, 1.807) is 26.0 Å². The van der Waals surface area contributed by atoms with E-state index in [0.29, 0.717) is 15.7 Å². The van der Waals surface area contributed by atoms with E-state index in [0.717, 1.165) is 10.0 Å². The SMILES string of the molecule is CCOC(=O)CCNC(=O)N1CCN(S(=O)(=O)c2cnc3n2C(C)(Cc2ccc(Br)cc2)C(=O)N3c2cc(Cl)cc(Cl)c2)CC1. The summed E-state index contributed by atoms with van der Waals surface area (Å²) in [5, 5.41) is 3.13. The molecule has 3 aromatic rings. The molecule has 2 aliphatic heterocycles. The van der Waals surface area contributed by atoms with Crippen LogP contribution >= 0.6 is 39.1 Å². The predicted octanol–water partition coefficient (Wildman–Crippen LogP) is 4.56. The Morgan fingerprint density at radius 1 is 1.07 bits per heavy atom. The molecule has 0 aliphatic carbocycles. The number of amides is 3. The van der Waals surface area contributed by atoms with Gasteiger partial charge in [0.25, 0.3) is 15.9 Å². The van der Waals surface area contributed by atoms with Gasteiger partial charge < -0.3 is 15.0 Å². The van der Waals surface area contributed by atoms with Gasteiger partial charge >= 0.3 is 12.0 Å². The van der Waals surface area contributed by atoms with Crippen LogP contribution in [0.15, 0.2) is 58.2 Å². The Kier molecular flexibility index (Phi) is 9.80. The minimum absolute atomic E-state index is 0.0269. The molecule has 2 aromatic carbocycles. The fraction of sp³-hybridized carbons (Fsp3) is 0.379. The Labute approximate surface area is 279 Å². The van der Waals surface area contributed by atoms with Crippen molar-refractivity contribution in [1.82, 2.24) is 24.1 Å². The topological polar surface area (TPSA) is 134 Å². The van der Waals surface area contributed by atoms with Crippen LogP contribution in [-0.2, 0) is 36.3 Å². The molecule has 1 unspecified atom stereocenters. The third kappa shape index (κ3) is 6.70. The molecule has 3 amide bonds. The van der Waals surface area contributed by atoms with Crippen molar-refractivity contribution in [2.24, 2.45) is 0 Å². The van der Waals surface area contributed by atoms with Gasteiger partial charge in [0.1, 0.15) is 5.54 Å². The van der Waals surface area contributed by atoms with Gasteiger partial charge in [-0.15, -0.1) is 0 Å². The lowest BCUT2D eigenvalue weighted by Gasteiger charge is -2.34. The summed E-state index contributed by atoms with van der Waals surface area (Å²) in [5.74, 6) is -0.687. The Morgan fingerprint density at radius 2 is 1.71 bits per heavy atom. The Morgan fingerprint density at radius 3 is 2.33 bits per heavy atom. The normalized spacial score (nSPS) is 18.6. The van der Waals surface area contributed by atoms with Crippen LogP contribution in [0.25, 0.3) is 0 Å². The summed E-state index contributed by atoms with van der Waals surface area (Å²) >= 11 is 16.0. The predicted molar refractivity (Wildman–Crippen MR) is 172 cm³/mol. The average Bonchev–Trinajstić information content (AvgIpc) is 3.52. The molecule has 0 bridgehead atoms. The summed E-state index contributed by atoms with van der Waals surface area (Å²) in [7, 11) is -4.17. The number of anilines is 2. The first-order chi connectivity index (χ1) is 21.3. The highest BCUT2D eigenvalue weighted by atomic mass is 79.9. The van der Waals surface area contributed by atoms with Crippen molar-refractivity contribution in [2.45, 2.75) is 37.3 Å². The number of carbonyl (C=O) groups is 3. The smallest absolute Gasteiger partial charge is 0.317 e. The lowest BCUT2D eigenvalue weighted by Crippen LogP contribution is -2.53. The van der Waals surface area contributed by atoms with Gasteiger partial charge in [0.2, 0.25) is 5.95 Å². The zero-order valence-electron chi connectivity index (χ0n) is 24.5. The van der Waals surface area contributed by atoms with Crippen molar-refractivity contribution in [3.63, 3.8) is 0 Å². The van der Waals surface area contributed by atoms with E-state index in [1.807, 2.05) is 24.3 Å². The van der Waals surface area contributed by atoms with Crippen molar-refractivity contribution >= 4 is 78.7 Å². The van der Waals surface area contributed by atoms with Crippen LogP contribution in [0.4, 0.5) is 16.4 Å². The highest BCUT2D eigenvalue weighted by Crippen LogP contribution is 2.45. The third-order valence-electron chi connectivity index (χ3n) is 7.68. The summed E-state index contributed by atoms with van der Waals surface area (Å²) in [6.07, 6.45) is 1.47. The molecule has 1 aromatic heterocycles. The number of nitrogens with zero attached hydrogens (tertiary/aromatic N) is 5. The largest absolute Gasteiger partial charge is 0.466 e. The first-order valence-electron chi connectivity index (χ1n) is 14.2. The van der Waals surface area contributed by atoms with E-state index >= 15 is 0 Å². The van der Waals surface area contributed by atoms with Crippen LogP contribution in [0.3, 0.4) is 0 Å². The lowest BCUT2D eigenvalue weighted by atomic mass is 9.92. The number of carbonyl (C=O) groups excluding carboxylic acids is 3. The van der Waals surface area contributed by atoms with Gasteiger partial charge in [-0.2, -0.15) is 4.31 Å². The molecule has 45 heavy (non-hydrogen) atoms. The molecule has 0 saturated carbocycles. The van der Waals surface area contributed by atoms with Gasteiger partial charge in [-0.3, -0.25) is 14.2 Å². The van der Waals surface area contributed by atoms with Crippen molar-refractivity contribution in [2.75, 3.05) is 44.2 Å². The van der Waals surface area contributed by atoms with Crippen LogP contribution < -0.4 is 10.2 Å². The van der Waals surface area contributed by atoms with E-state index in [1.165, 1.54) is 30.9 Å². The van der Waals surface area contributed by atoms with Crippen LogP contribution in [0, 0.1) is 0 Å². The Balaban J connectivity index is 1.42. The number of nitrogens with one attached hydrogen (secondary N) is 1. The number of urea groups is 1. The van der Waals surface area contributed by atoms with Gasteiger partial charge in [0.05, 0.1) is 24.9 Å². The number of imidazole rings is 1. The molecular formula is C29H31BrCl2N6O6S. The average molecular weight is 742 g/mol. The van der Waals surface area contributed by atoms with Gasteiger partial charge in [0, 0.05) is 53.7 Å². The first kappa shape index (κ1) is 33.2. The van der Waals surface area contributed by atoms with Crippen LogP contribution in [0.5, 0.6) is 0 Å². The molecule has 12 nitrogen and oxygen atoms in total. The summed E-state index contributed by atoms with van der Waals surface area (Å²) < 4.78 is 36.8. The third-order valence-corrected chi connectivity index (χ3v) is 10.5. The van der Waals surface area contributed by atoms with Crippen LogP contribution in [-0.4, -0.2) is 84.4 Å². The van der Waals surface area contributed by atoms with Crippen molar-refractivity contribution in [3.05, 3.63) is 68.7 Å². The number of benzene rings is 2. The molecule has 0 spiro atoms. The number of hydrogen-bond acceptors (Lipinski definition) is 7. The molecule has 1 atom stereocenters. The molecule has 16 heteroatoms. The number of sulfonamides is 1. The van der Waals surface area contributed by atoms with Gasteiger partial charge in [0.15, 0.2) is 5.03 Å². The maximum atomic E-state index is 14.3. The Hall–Kier alpha value is -3.17. The highest BCUT2D eigenvalue weighted by molar-refractivity contribution is 9.10. The summed E-state index contributed by atoms with van der Waals surface area (Å²) in [5.41, 5.74) is -0.210. The Bertz CT molecular complexity index is 1710. The number of halogens is 3. The lowest BCUT2D eigenvalue weighted by molar-refractivity contribution is -0.142. The number of hydrogen-bond donors (Lipinski definition) is 1. The maximum Gasteiger partial charge on any atom is 0.317 e. The molecule has 1 saturated heterocycles. The molecule has 0 radical (unpaired) electrons. The molecular weight excluding hydrogens is 711 g/mol. The monoisotopic (exact) mass is 740 g/mol. The number of rotatable bonds is 9. The van der Waals surface area contributed by atoms with Gasteiger partial charge in [-0.05, 0) is 49.7 Å². The number of fused-ring (bicyclic) bond motifs is 1. The van der Waals surface area contributed by atoms with Crippen molar-refractivity contribution < 1.29 is 27.5 Å². The number of aromatic nitrogens is 2. The standard InChI is InChI=1S/C29H31BrCl2N6O6S/c1-3-44-25(39)8-9-33-28(41)35-10-12-36(13-11-35)45(42,43)24-18-34-27-37(23-15-21(31)14-22(32)16-23)26(40)29(2,38(24)27)17-19-4-6-20(30)7-5-19/h4-7,14-16,18H,3,8-13,17H2,1-2H3,(H,33,41). The van der Waals surface area contributed by atoms with Crippen LogP contribution in [0.1, 0.15) is 25.8 Å². The van der Waals surface area contributed by atoms with E-state index in [4.69, 9.17) is 27.9 Å². The highest BCUT2D eigenvalue weighted by Gasteiger charge is 2.52. The molecule has 3 heterocycles. The zero-order chi connectivity index (χ0) is 32.5. The van der Waals surface area contributed by atoms with E-state index < -0.39 is 33.5 Å². The molecule has 1 fully saturated rings. The van der Waals surface area contributed by atoms with Crippen molar-refractivity contribution in [1.29, 1.82) is 0 Å². The number of ether oxygens (including phenoxy) is 1. The fourth-order valence-corrected chi connectivity index (χ4v) is 7.88. The van der Waals surface area contributed by atoms with Crippen molar-refractivity contribution in [3.8, 4) is 0 Å². The van der Waals surface area contributed by atoms with Gasteiger partial charge in [-0.25, -0.2) is 23.1 Å². The molecule has 2 aliphatic rings. The second-order valence-electron chi connectivity index (χ2n) is 10.8. The summed E-state index contributed by atoms with van der Waals surface area (Å²) in [6.45, 7) is 4.08. The minimum atomic E-state index is -4.17. The van der Waals surface area contributed by atoms with E-state index in [2.05, 4.69) is 26.2 Å². The zero-order valence-corrected chi connectivity index (χ0v) is 28.4. The van der Waals surface area contributed by atoms with E-state index in [-0.39, 0.29) is 63.1 Å².